The number of pyridine rings is 1. The van der Waals surface area contributed by atoms with Crippen LogP contribution in [0.25, 0.3) is 0 Å². The van der Waals surface area contributed by atoms with E-state index in [9.17, 15) is 4.79 Å². The van der Waals surface area contributed by atoms with Gasteiger partial charge in [-0.2, -0.15) is 0 Å². The van der Waals surface area contributed by atoms with E-state index in [1.54, 1.807) is 6.92 Å². The van der Waals surface area contributed by atoms with Crippen LogP contribution >= 0.6 is 23.2 Å². The lowest BCUT2D eigenvalue weighted by atomic mass is 10.2. The second-order valence-electron chi connectivity index (χ2n) is 2.30. The van der Waals surface area contributed by atoms with Crippen molar-refractivity contribution in [2.75, 3.05) is 0 Å². The quantitative estimate of drug-likeness (QED) is 0.710. The summed E-state index contributed by atoms with van der Waals surface area (Å²) in [5.41, 5.74) is 5.90. The maximum absolute atomic E-state index is 10.7. The molecule has 0 aliphatic heterocycles. The molecule has 0 aliphatic rings. The fourth-order valence-electron chi connectivity index (χ4n) is 0.743. The predicted octanol–water partition coefficient (Wildman–Crippen LogP) is 1.80. The summed E-state index contributed by atoms with van der Waals surface area (Å²) in [7, 11) is 0. The molecule has 0 radical (unpaired) electrons. The third-order valence-corrected chi connectivity index (χ3v) is 2.04. The Balaban J connectivity index is 3.33. The van der Waals surface area contributed by atoms with Gasteiger partial charge in [-0.1, -0.05) is 23.2 Å². The molecule has 0 bridgehead atoms. The molecule has 12 heavy (non-hydrogen) atoms. The fraction of sp³-hybridized carbons (Fsp3) is 0.143. The van der Waals surface area contributed by atoms with E-state index < -0.39 is 5.91 Å². The summed E-state index contributed by atoms with van der Waals surface area (Å²) in [5.74, 6) is -0.604. The molecule has 3 nitrogen and oxygen atoms in total. The number of nitrogens with two attached hydrogens (primary N) is 1. The first-order valence-electron chi connectivity index (χ1n) is 3.15. The van der Waals surface area contributed by atoms with Gasteiger partial charge in [0.05, 0.1) is 5.56 Å². The maximum Gasteiger partial charge on any atom is 0.251 e. The smallest absolute Gasteiger partial charge is 0.251 e. The van der Waals surface area contributed by atoms with E-state index in [4.69, 9.17) is 28.9 Å². The number of nitrogens with zero attached hydrogens (tertiary/aromatic N) is 1. The second-order valence-corrected chi connectivity index (χ2v) is 3.01. The van der Waals surface area contributed by atoms with Gasteiger partial charge in [-0.15, -0.1) is 0 Å². The molecule has 1 aromatic heterocycles. The first kappa shape index (κ1) is 9.29. The Morgan fingerprint density at radius 2 is 2.08 bits per heavy atom. The van der Waals surface area contributed by atoms with Crippen molar-refractivity contribution in [3.05, 3.63) is 27.5 Å². The fourth-order valence-corrected chi connectivity index (χ4v) is 1.16. The van der Waals surface area contributed by atoms with Crippen LogP contribution in [0, 0.1) is 6.92 Å². The van der Waals surface area contributed by atoms with Gasteiger partial charge in [0.2, 0.25) is 0 Å². The van der Waals surface area contributed by atoms with Gasteiger partial charge in [0.25, 0.3) is 5.91 Å². The summed E-state index contributed by atoms with van der Waals surface area (Å²) < 4.78 is 0. The summed E-state index contributed by atoms with van der Waals surface area (Å²) in [5, 5.41) is 0.322. The molecule has 0 saturated carbocycles. The minimum atomic E-state index is -0.604. The highest BCUT2D eigenvalue weighted by Crippen LogP contribution is 2.19. The Bertz CT molecular complexity index is 338. The minimum Gasteiger partial charge on any atom is -0.366 e. The monoisotopic (exact) mass is 204 g/mol. The highest BCUT2D eigenvalue weighted by molar-refractivity contribution is 6.34. The van der Waals surface area contributed by atoms with Gasteiger partial charge in [-0.3, -0.25) is 4.79 Å². The summed E-state index contributed by atoms with van der Waals surface area (Å²) in [6, 6.07) is 1.51. The first-order valence-corrected chi connectivity index (χ1v) is 3.90. The van der Waals surface area contributed by atoms with E-state index in [1.165, 1.54) is 6.07 Å². The van der Waals surface area contributed by atoms with Crippen molar-refractivity contribution < 1.29 is 4.79 Å². The van der Waals surface area contributed by atoms with Crippen molar-refractivity contribution >= 4 is 29.1 Å². The van der Waals surface area contributed by atoms with Crippen molar-refractivity contribution in [1.29, 1.82) is 0 Å². The summed E-state index contributed by atoms with van der Waals surface area (Å²) in [6.45, 7) is 1.72. The molecule has 0 aromatic carbocycles. The summed E-state index contributed by atoms with van der Waals surface area (Å²) in [6.07, 6.45) is 0. The highest BCUT2D eigenvalue weighted by atomic mass is 35.5. The molecule has 0 atom stereocenters. The van der Waals surface area contributed by atoms with Crippen LogP contribution < -0.4 is 5.73 Å². The number of primary amides is 1. The van der Waals surface area contributed by atoms with Crippen LogP contribution in [0.15, 0.2) is 6.07 Å². The van der Waals surface area contributed by atoms with E-state index in [-0.39, 0.29) is 15.9 Å². The lowest BCUT2D eigenvalue weighted by molar-refractivity contribution is 0.1000. The molecule has 0 fully saturated rings. The molecule has 5 heteroatoms. The highest BCUT2D eigenvalue weighted by Gasteiger charge is 2.10. The number of hydrogen-bond donors (Lipinski definition) is 1. The zero-order chi connectivity index (χ0) is 9.30. The second kappa shape index (κ2) is 3.29. The zero-order valence-electron chi connectivity index (χ0n) is 6.27. The third-order valence-electron chi connectivity index (χ3n) is 1.37. The lowest BCUT2D eigenvalue weighted by Gasteiger charge is -2.01. The van der Waals surface area contributed by atoms with E-state index in [2.05, 4.69) is 4.98 Å². The van der Waals surface area contributed by atoms with Gasteiger partial charge < -0.3 is 5.73 Å². The molecule has 1 rings (SSSR count). The molecule has 1 amide bonds. The number of carbonyl (C=O) groups is 1. The van der Waals surface area contributed by atoms with Gasteiger partial charge in [0.15, 0.2) is 0 Å². The molecule has 2 N–H and O–H groups in total. The molecule has 64 valence electrons. The van der Waals surface area contributed by atoms with Crippen molar-refractivity contribution in [2.24, 2.45) is 5.73 Å². The average Bonchev–Trinajstić information content (AvgIpc) is 1.96. The number of hydrogen-bond acceptors (Lipinski definition) is 2. The largest absolute Gasteiger partial charge is 0.366 e. The van der Waals surface area contributed by atoms with Crippen molar-refractivity contribution in [3.8, 4) is 0 Å². The molecular weight excluding hydrogens is 199 g/mol. The standard InChI is InChI=1S/C7H6Cl2N2O/c1-3-2-4(7(10)12)6(9)11-5(3)8/h2H,1H3,(H2,10,12). The Morgan fingerprint density at radius 3 is 2.58 bits per heavy atom. The number of carbonyl (C=O) groups excluding carboxylic acids is 1. The summed E-state index contributed by atoms with van der Waals surface area (Å²) >= 11 is 11.2. The number of rotatable bonds is 1. The number of amides is 1. The Morgan fingerprint density at radius 1 is 1.50 bits per heavy atom. The van der Waals surface area contributed by atoms with Crippen molar-refractivity contribution in [1.82, 2.24) is 4.98 Å². The number of aromatic nitrogens is 1. The van der Waals surface area contributed by atoms with Crippen LogP contribution in [0.2, 0.25) is 10.3 Å². The van der Waals surface area contributed by atoms with Gasteiger partial charge in [0.1, 0.15) is 10.3 Å². The molecule has 0 saturated heterocycles. The summed E-state index contributed by atoms with van der Waals surface area (Å²) in [4.78, 5) is 14.5. The average molecular weight is 205 g/mol. The molecular formula is C7H6Cl2N2O. The Labute approximate surface area is 79.5 Å². The molecule has 0 unspecified atom stereocenters. The van der Waals surface area contributed by atoms with Crippen LogP contribution in [0.1, 0.15) is 15.9 Å². The normalized spacial score (nSPS) is 9.92. The minimum absolute atomic E-state index is 0.0399. The topological polar surface area (TPSA) is 56.0 Å². The van der Waals surface area contributed by atoms with Gasteiger partial charge in [-0.05, 0) is 18.6 Å². The van der Waals surface area contributed by atoms with Crippen LogP contribution in [0.3, 0.4) is 0 Å². The third kappa shape index (κ3) is 1.68. The van der Waals surface area contributed by atoms with E-state index >= 15 is 0 Å². The number of halogens is 2. The van der Waals surface area contributed by atoms with Crippen LogP contribution in [-0.2, 0) is 0 Å². The van der Waals surface area contributed by atoms with Crippen molar-refractivity contribution in [3.63, 3.8) is 0 Å². The SMILES string of the molecule is Cc1cc(C(N)=O)c(Cl)nc1Cl. The Hall–Kier alpha value is -0.800. The van der Waals surface area contributed by atoms with E-state index in [0.717, 1.165) is 0 Å². The van der Waals surface area contributed by atoms with Crippen molar-refractivity contribution in [2.45, 2.75) is 6.92 Å². The molecule has 1 heterocycles. The van der Waals surface area contributed by atoms with Crippen LogP contribution in [0.4, 0.5) is 0 Å². The van der Waals surface area contributed by atoms with E-state index in [0.29, 0.717) is 5.56 Å². The van der Waals surface area contributed by atoms with Crippen LogP contribution in [0.5, 0.6) is 0 Å². The Kier molecular flexibility index (Phi) is 2.55. The van der Waals surface area contributed by atoms with E-state index in [1.807, 2.05) is 0 Å². The van der Waals surface area contributed by atoms with Gasteiger partial charge in [-0.25, -0.2) is 4.98 Å². The maximum atomic E-state index is 10.7. The van der Waals surface area contributed by atoms with Gasteiger partial charge in [0, 0.05) is 0 Å². The molecule has 0 spiro atoms. The van der Waals surface area contributed by atoms with Crippen LogP contribution in [-0.4, -0.2) is 10.9 Å². The lowest BCUT2D eigenvalue weighted by Crippen LogP contribution is -2.12. The molecule has 0 aliphatic carbocycles. The van der Waals surface area contributed by atoms with Gasteiger partial charge >= 0.3 is 0 Å². The first-order chi connectivity index (χ1) is 5.52. The molecule has 1 aromatic rings. The zero-order valence-corrected chi connectivity index (χ0v) is 7.78. The predicted molar refractivity (Wildman–Crippen MR) is 47.5 cm³/mol. The number of aryl methyl sites for hydroxylation is 1.